The van der Waals surface area contributed by atoms with Crippen molar-refractivity contribution in [3.05, 3.63) is 27.0 Å². The summed E-state index contributed by atoms with van der Waals surface area (Å²) in [7, 11) is 0. The number of halogens is 4. The summed E-state index contributed by atoms with van der Waals surface area (Å²) in [5.74, 6) is 0. The molecular formula is C8H3BrF3NS2. The van der Waals surface area contributed by atoms with E-state index in [9.17, 15) is 13.2 Å². The topological polar surface area (TPSA) is 12.9 Å². The minimum absolute atomic E-state index is 0.0263. The second-order valence-electron chi connectivity index (χ2n) is 2.62. The van der Waals surface area contributed by atoms with Crippen LogP contribution >= 0.6 is 38.6 Å². The van der Waals surface area contributed by atoms with Crippen LogP contribution in [0.25, 0.3) is 9.88 Å². The number of rotatable bonds is 1. The first-order valence-electron chi connectivity index (χ1n) is 3.76. The molecule has 0 N–H and O–H groups in total. The highest BCUT2D eigenvalue weighted by atomic mass is 79.9. The van der Waals surface area contributed by atoms with Crippen LogP contribution in [0.4, 0.5) is 13.2 Å². The summed E-state index contributed by atoms with van der Waals surface area (Å²) in [6, 6.07) is 3.53. The standard InChI is InChI=1S/C8H3BrF3NS2/c9-6-5(8(10,11)12)13-7(15-6)4-2-1-3-14-4/h1-3H. The normalized spacial score (nSPS) is 12.0. The Labute approximate surface area is 99.7 Å². The number of hydrogen-bond acceptors (Lipinski definition) is 3. The minimum Gasteiger partial charge on any atom is -0.229 e. The lowest BCUT2D eigenvalue weighted by atomic mass is 10.4. The van der Waals surface area contributed by atoms with Crippen molar-refractivity contribution >= 4 is 38.6 Å². The van der Waals surface area contributed by atoms with Gasteiger partial charge in [0.15, 0.2) is 5.69 Å². The van der Waals surface area contributed by atoms with Crippen molar-refractivity contribution in [2.75, 3.05) is 0 Å². The third-order valence-corrected chi connectivity index (χ3v) is 4.33. The molecule has 0 atom stereocenters. The molecule has 2 aromatic heterocycles. The van der Waals surface area contributed by atoms with Crippen LogP contribution in [0.3, 0.4) is 0 Å². The Morgan fingerprint density at radius 3 is 2.53 bits per heavy atom. The van der Waals surface area contributed by atoms with Gasteiger partial charge in [-0.15, -0.1) is 22.7 Å². The lowest BCUT2D eigenvalue weighted by Gasteiger charge is -2.01. The van der Waals surface area contributed by atoms with Crippen molar-refractivity contribution in [2.24, 2.45) is 0 Å². The summed E-state index contributed by atoms with van der Waals surface area (Å²) in [4.78, 5) is 4.33. The van der Waals surface area contributed by atoms with E-state index in [1.54, 1.807) is 17.5 Å². The van der Waals surface area contributed by atoms with Gasteiger partial charge in [-0.2, -0.15) is 13.2 Å². The zero-order chi connectivity index (χ0) is 11.1. The average molecular weight is 314 g/mol. The van der Waals surface area contributed by atoms with Gasteiger partial charge in [0, 0.05) is 0 Å². The molecule has 0 saturated carbocycles. The minimum atomic E-state index is -4.40. The van der Waals surface area contributed by atoms with Gasteiger partial charge in [-0.25, -0.2) is 4.98 Å². The highest BCUT2D eigenvalue weighted by Gasteiger charge is 2.37. The van der Waals surface area contributed by atoms with Gasteiger partial charge in [0.25, 0.3) is 0 Å². The number of aromatic nitrogens is 1. The van der Waals surface area contributed by atoms with Crippen LogP contribution in [0, 0.1) is 0 Å². The van der Waals surface area contributed by atoms with E-state index in [-0.39, 0.29) is 3.79 Å². The van der Waals surface area contributed by atoms with E-state index in [2.05, 4.69) is 20.9 Å². The monoisotopic (exact) mass is 313 g/mol. The van der Waals surface area contributed by atoms with Crippen molar-refractivity contribution in [1.82, 2.24) is 4.98 Å². The molecule has 0 aromatic carbocycles. The molecule has 0 spiro atoms. The van der Waals surface area contributed by atoms with Crippen LogP contribution < -0.4 is 0 Å². The lowest BCUT2D eigenvalue weighted by molar-refractivity contribution is -0.141. The number of thiophene rings is 1. The Bertz CT molecular complexity index is 461. The molecule has 0 saturated heterocycles. The van der Waals surface area contributed by atoms with Gasteiger partial charge >= 0.3 is 6.18 Å². The van der Waals surface area contributed by atoms with Crippen molar-refractivity contribution in [1.29, 1.82) is 0 Å². The Hall–Kier alpha value is -0.400. The fourth-order valence-electron chi connectivity index (χ4n) is 0.982. The summed E-state index contributed by atoms with van der Waals surface area (Å²) in [6.45, 7) is 0. The van der Waals surface area contributed by atoms with Crippen molar-refractivity contribution in [2.45, 2.75) is 6.18 Å². The van der Waals surface area contributed by atoms with E-state index in [0.29, 0.717) is 5.01 Å². The summed E-state index contributed by atoms with van der Waals surface area (Å²) in [5.41, 5.74) is -0.851. The second-order valence-corrected chi connectivity index (χ2v) is 5.88. The lowest BCUT2D eigenvalue weighted by Crippen LogP contribution is -2.05. The van der Waals surface area contributed by atoms with Crippen molar-refractivity contribution < 1.29 is 13.2 Å². The van der Waals surface area contributed by atoms with E-state index < -0.39 is 11.9 Å². The smallest absolute Gasteiger partial charge is 0.229 e. The van der Waals surface area contributed by atoms with Crippen LogP contribution in [-0.2, 0) is 6.18 Å². The third kappa shape index (κ3) is 2.24. The molecule has 1 nitrogen and oxygen atoms in total. The van der Waals surface area contributed by atoms with Crippen molar-refractivity contribution in [3.63, 3.8) is 0 Å². The zero-order valence-electron chi connectivity index (χ0n) is 7.01. The Balaban J connectivity index is 2.47. The largest absolute Gasteiger partial charge is 0.435 e. The molecule has 2 rings (SSSR count). The highest BCUT2D eigenvalue weighted by Crippen LogP contribution is 2.41. The fourth-order valence-corrected chi connectivity index (χ4v) is 3.37. The first kappa shape index (κ1) is 11.1. The molecule has 0 aliphatic rings. The Kier molecular flexibility index (Phi) is 2.87. The van der Waals surface area contributed by atoms with E-state index >= 15 is 0 Å². The quantitative estimate of drug-likeness (QED) is 0.746. The molecule has 15 heavy (non-hydrogen) atoms. The van der Waals surface area contributed by atoms with Gasteiger partial charge in [0.2, 0.25) is 0 Å². The third-order valence-electron chi connectivity index (χ3n) is 1.59. The maximum Gasteiger partial charge on any atom is 0.435 e. The highest BCUT2D eigenvalue weighted by molar-refractivity contribution is 9.11. The molecular weight excluding hydrogens is 311 g/mol. The van der Waals surface area contributed by atoms with Gasteiger partial charge in [-0.05, 0) is 27.4 Å². The first-order chi connectivity index (χ1) is 6.98. The Morgan fingerprint density at radius 2 is 2.07 bits per heavy atom. The predicted molar refractivity (Wildman–Crippen MR) is 58.1 cm³/mol. The molecule has 7 heteroatoms. The Morgan fingerprint density at radius 1 is 1.33 bits per heavy atom. The number of hydrogen-bond donors (Lipinski definition) is 0. The SMILES string of the molecule is FC(F)(F)c1nc(-c2cccs2)sc1Br. The molecule has 2 heterocycles. The summed E-state index contributed by atoms with van der Waals surface area (Å²) in [5, 5.41) is 2.20. The number of nitrogens with zero attached hydrogens (tertiary/aromatic N) is 1. The fraction of sp³-hybridized carbons (Fsp3) is 0.125. The molecule has 0 aliphatic carbocycles. The molecule has 80 valence electrons. The van der Waals surface area contributed by atoms with Crippen LogP contribution in [0.1, 0.15) is 5.69 Å². The van der Waals surface area contributed by atoms with Crippen LogP contribution in [0.2, 0.25) is 0 Å². The summed E-state index contributed by atoms with van der Waals surface area (Å²) in [6.07, 6.45) is -4.40. The van der Waals surface area contributed by atoms with E-state index in [1.165, 1.54) is 11.3 Å². The molecule has 0 aliphatic heterocycles. The van der Waals surface area contributed by atoms with E-state index in [0.717, 1.165) is 16.2 Å². The molecule has 0 unspecified atom stereocenters. The van der Waals surface area contributed by atoms with Crippen LogP contribution in [0.5, 0.6) is 0 Å². The van der Waals surface area contributed by atoms with E-state index in [1.807, 2.05) is 0 Å². The van der Waals surface area contributed by atoms with E-state index in [4.69, 9.17) is 0 Å². The molecule has 0 fully saturated rings. The first-order valence-corrected chi connectivity index (χ1v) is 6.25. The zero-order valence-corrected chi connectivity index (χ0v) is 10.2. The van der Waals surface area contributed by atoms with Gasteiger partial charge in [0.1, 0.15) is 8.79 Å². The number of alkyl halides is 3. The van der Waals surface area contributed by atoms with Crippen LogP contribution in [0.15, 0.2) is 21.3 Å². The van der Waals surface area contributed by atoms with Crippen LogP contribution in [-0.4, -0.2) is 4.98 Å². The van der Waals surface area contributed by atoms with Crippen molar-refractivity contribution in [3.8, 4) is 9.88 Å². The molecule has 0 radical (unpaired) electrons. The van der Waals surface area contributed by atoms with Gasteiger partial charge < -0.3 is 0 Å². The maximum atomic E-state index is 12.4. The van der Waals surface area contributed by atoms with Gasteiger partial charge in [0.05, 0.1) is 4.88 Å². The second kappa shape index (κ2) is 3.88. The molecule has 0 bridgehead atoms. The van der Waals surface area contributed by atoms with Gasteiger partial charge in [-0.1, -0.05) is 6.07 Å². The predicted octanol–water partition coefficient (Wildman–Crippen LogP) is 4.65. The average Bonchev–Trinajstić information content (AvgIpc) is 2.68. The molecule has 0 amide bonds. The molecule has 2 aromatic rings. The number of thiazole rings is 1. The maximum absolute atomic E-state index is 12.4. The summed E-state index contributed by atoms with van der Waals surface area (Å²) < 4.78 is 37.3. The summed E-state index contributed by atoms with van der Waals surface area (Å²) >= 11 is 5.24. The van der Waals surface area contributed by atoms with Gasteiger partial charge in [-0.3, -0.25) is 0 Å².